The SMILES string of the molecule is CCOC(=O)C(C)C(=O)C(=O)N=C(N)N. The van der Waals surface area contributed by atoms with Gasteiger partial charge in [0.2, 0.25) is 5.78 Å². The molecule has 4 N–H and O–H groups in total. The highest BCUT2D eigenvalue weighted by Gasteiger charge is 2.28. The zero-order chi connectivity index (χ0) is 12.0. The fourth-order valence-electron chi connectivity index (χ4n) is 0.732. The van der Waals surface area contributed by atoms with Gasteiger partial charge in [-0.25, -0.2) is 0 Å². The number of nitrogens with two attached hydrogens (primary N) is 2. The molecule has 0 aromatic carbocycles. The van der Waals surface area contributed by atoms with Gasteiger partial charge in [-0.1, -0.05) is 0 Å². The van der Waals surface area contributed by atoms with E-state index >= 15 is 0 Å². The van der Waals surface area contributed by atoms with Gasteiger partial charge in [0.1, 0.15) is 5.92 Å². The Morgan fingerprint density at radius 1 is 1.33 bits per heavy atom. The zero-order valence-electron chi connectivity index (χ0n) is 8.52. The summed E-state index contributed by atoms with van der Waals surface area (Å²) in [6.07, 6.45) is 0. The maximum Gasteiger partial charge on any atom is 0.317 e. The molecular weight excluding hydrogens is 202 g/mol. The fourth-order valence-corrected chi connectivity index (χ4v) is 0.732. The van der Waals surface area contributed by atoms with Gasteiger partial charge in [0.05, 0.1) is 6.61 Å². The summed E-state index contributed by atoms with van der Waals surface area (Å²) in [5, 5.41) is 0. The number of esters is 1. The molecule has 0 heterocycles. The number of nitrogens with zero attached hydrogens (tertiary/aromatic N) is 1. The maximum absolute atomic E-state index is 11.2. The standard InChI is InChI=1S/C8H13N3O4/c1-3-15-7(14)4(2)5(12)6(13)11-8(9)10/h4H,3H2,1-2H3,(H4,9,10,11,13). The van der Waals surface area contributed by atoms with E-state index in [-0.39, 0.29) is 6.61 Å². The van der Waals surface area contributed by atoms with E-state index in [1.165, 1.54) is 6.92 Å². The summed E-state index contributed by atoms with van der Waals surface area (Å²) in [7, 11) is 0. The van der Waals surface area contributed by atoms with Crippen LogP contribution in [0, 0.1) is 5.92 Å². The molecule has 0 aliphatic rings. The molecule has 0 saturated heterocycles. The molecular formula is C8H13N3O4. The smallest absolute Gasteiger partial charge is 0.317 e. The minimum absolute atomic E-state index is 0.132. The maximum atomic E-state index is 11.2. The Labute approximate surface area is 86.5 Å². The second kappa shape index (κ2) is 5.74. The van der Waals surface area contributed by atoms with Crippen molar-refractivity contribution in [3.8, 4) is 0 Å². The summed E-state index contributed by atoms with van der Waals surface area (Å²) >= 11 is 0. The molecule has 7 nitrogen and oxygen atoms in total. The van der Waals surface area contributed by atoms with Gasteiger partial charge in [0.15, 0.2) is 5.96 Å². The molecule has 84 valence electrons. The van der Waals surface area contributed by atoms with Crippen molar-refractivity contribution < 1.29 is 19.1 Å². The Kier molecular flexibility index (Phi) is 5.00. The minimum Gasteiger partial charge on any atom is -0.465 e. The summed E-state index contributed by atoms with van der Waals surface area (Å²) in [4.78, 5) is 36.3. The van der Waals surface area contributed by atoms with Crippen molar-refractivity contribution in [3.63, 3.8) is 0 Å². The molecule has 0 saturated carbocycles. The van der Waals surface area contributed by atoms with E-state index in [9.17, 15) is 14.4 Å². The van der Waals surface area contributed by atoms with Crippen molar-refractivity contribution in [1.82, 2.24) is 0 Å². The van der Waals surface area contributed by atoms with E-state index in [1.807, 2.05) is 0 Å². The van der Waals surface area contributed by atoms with E-state index < -0.39 is 29.5 Å². The second-order valence-electron chi connectivity index (χ2n) is 2.68. The molecule has 0 bridgehead atoms. The van der Waals surface area contributed by atoms with Gasteiger partial charge in [-0.15, -0.1) is 0 Å². The number of rotatable bonds is 4. The molecule has 0 aromatic rings. The number of guanidine groups is 1. The molecule has 0 aromatic heterocycles. The first-order valence-electron chi connectivity index (χ1n) is 4.24. The molecule has 7 heteroatoms. The molecule has 0 aliphatic carbocycles. The second-order valence-corrected chi connectivity index (χ2v) is 2.68. The predicted octanol–water partition coefficient (Wildman–Crippen LogP) is -1.45. The predicted molar refractivity (Wildman–Crippen MR) is 51.6 cm³/mol. The first-order chi connectivity index (χ1) is 6.90. The van der Waals surface area contributed by atoms with Crippen LogP contribution >= 0.6 is 0 Å². The van der Waals surface area contributed by atoms with E-state index in [2.05, 4.69) is 9.73 Å². The van der Waals surface area contributed by atoms with Gasteiger partial charge in [-0.2, -0.15) is 4.99 Å². The largest absolute Gasteiger partial charge is 0.465 e. The lowest BCUT2D eigenvalue weighted by Crippen LogP contribution is -2.31. The van der Waals surface area contributed by atoms with Gasteiger partial charge in [0.25, 0.3) is 0 Å². The van der Waals surface area contributed by atoms with Crippen LogP contribution in [0.3, 0.4) is 0 Å². The Morgan fingerprint density at radius 2 is 1.87 bits per heavy atom. The summed E-state index contributed by atoms with van der Waals surface area (Å²) in [6, 6.07) is 0. The van der Waals surface area contributed by atoms with E-state index in [4.69, 9.17) is 11.5 Å². The number of aliphatic imine (C=N–C) groups is 1. The lowest BCUT2D eigenvalue weighted by Gasteiger charge is -2.06. The van der Waals surface area contributed by atoms with Gasteiger partial charge < -0.3 is 16.2 Å². The molecule has 1 unspecified atom stereocenters. The van der Waals surface area contributed by atoms with Crippen LogP contribution in [-0.2, 0) is 19.1 Å². The number of ketones is 1. The highest BCUT2D eigenvalue weighted by Crippen LogP contribution is 2.02. The van der Waals surface area contributed by atoms with Crippen LogP contribution in [0.15, 0.2) is 4.99 Å². The monoisotopic (exact) mass is 215 g/mol. The molecule has 0 rings (SSSR count). The van der Waals surface area contributed by atoms with Crippen LogP contribution < -0.4 is 11.5 Å². The molecule has 1 atom stereocenters. The van der Waals surface area contributed by atoms with E-state index in [1.54, 1.807) is 6.92 Å². The average molecular weight is 215 g/mol. The highest BCUT2D eigenvalue weighted by molar-refractivity contribution is 6.41. The Morgan fingerprint density at radius 3 is 2.27 bits per heavy atom. The summed E-state index contributed by atoms with van der Waals surface area (Å²) in [5.74, 6) is -4.65. The van der Waals surface area contributed by atoms with Crippen molar-refractivity contribution in [2.75, 3.05) is 6.61 Å². The van der Waals surface area contributed by atoms with Gasteiger partial charge >= 0.3 is 11.9 Å². The van der Waals surface area contributed by atoms with Crippen molar-refractivity contribution >= 4 is 23.6 Å². The van der Waals surface area contributed by atoms with Crippen LogP contribution in [0.2, 0.25) is 0 Å². The van der Waals surface area contributed by atoms with Crippen molar-refractivity contribution in [2.24, 2.45) is 22.4 Å². The first kappa shape index (κ1) is 13.1. The van der Waals surface area contributed by atoms with Gasteiger partial charge in [-0.05, 0) is 13.8 Å². The zero-order valence-corrected chi connectivity index (χ0v) is 8.52. The molecule has 15 heavy (non-hydrogen) atoms. The van der Waals surface area contributed by atoms with E-state index in [0.29, 0.717) is 0 Å². The van der Waals surface area contributed by atoms with Crippen LogP contribution in [-0.4, -0.2) is 30.2 Å². The number of carbonyl (C=O) groups excluding carboxylic acids is 3. The van der Waals surface area contributed by atoms with Crippen LogP contribution in [0.5, 0.6) is 0 Å². The quantitative estimate of drug-likeness (QED) is 0.194. The Bertz CT molecular complexity index is 307. The summed E-state index contributed by atoms with van der Waals surface area (Å²) in [5.41, 5.74) is 9.81. The van der Waals surface area contributed by atoms with Crippen LogP contribution in [0.25, 0.3) is 0 Å². The highest BCUT2D eigenvalue weighted by atomic mass is 16.5. The minimum atomic E-state index is -1.19. The van der Waals surface area contributed by atoms with Gasteiger partial charge in [0, 0.05) is 0 Å². The number of amides is 1. The third kappa shape index (κ3) is 4.21. The lowest BCUT2D eigenvalue weighted by molar-refractivity contribution is -0.153. The molecule has 1 amide bonds. The van der Waals surface area contributed by atoms with Crippen LogP contribution in [0.1, 0.15) is 13.8 Å². The Balaban J connectivity index is 4.52. The number of ether oxygens (including phenoxy) is 1. The third-order valence-electron chi connectivity index (χ3n) is 1.47. The van der Waals surface area contributed by atoms with Crippen molar-refractivity contribution in [2.45, 2.75) is 13.8 Å². The normalized spacial score (nSPS) is 11.3. The number of hydrogen-bond acceptors (Lipinski definition) is 4. The number of Topliss-reactive ketones (excluding diaryl/α,β-unsaturated/α-hetero) is 1. The fraction of sp³-hybridized carbons (Fsp3) is 0.500. The van der Waals surface area contributed by atoms with Crippen molar-refractivity contribution in [3.05, 3.63) is 0 Å². The summed E-state index contributed by atoms with van der Waals surface area (Å²) < 4.78 is 4.56. The lowest BCUT2D eigenvalue weighted by atomic mass is 10.1. The molecule has 0 fully saturated rings. The third-order valence-corrected chi connectivity index (χ3v) is 1.47. The van der Waals surface area contributed by atoms with Crippen molar-refractivity contribution in [1.29, 1.82) is 0 Å². The molecule has 0 spiro atoms. The van der Waals surface area contributed by atoms with Gasteiger partial charge in [-0.3, -0.25) is 14.4 Å². The number of hydrogen-bond donors (Lipinski definition) is 2. The topological polar surface area (TPSA) is 125 Å². The molecule has 0 aliphatic heterocycles. The Hall–Kier alpha value is -1.92. The molecule has 0 radical (unpaired) electrons. The first-order valence-corrected chi connectivity index (χ1v) is 4.24. The summed E-state index contributed by atoms with van der Waals surface area (Å²) in [6.45, 7) is 2.97. The van der Waals surface area contributed by atoms with E-state index in [0.717, 1.165) is 0 Å². The number of carbonyl (C=O) groups is 3. The van der Waals surface area contributed by atoms with Crippen LogP contribution in [0.4, 0.5) is 0 Å². The average Bonchev–Trinajstić information content (AvgIpc) is 2.14.